The lowest BCUT2D eigenvalue weighted by Crippen LogP contribution is -2.03. The monoisotopic (exact) mass is 489 g/mol. The molecule has 8 heteroatoms. The fourth-order valence-corrected chi connectivity index (χ4v) is 5.26. The zero-order chi connectivity index (χ0) is 24.0. The number of halogens is 1. The van der Waals surface area contributed by atoms with E-state index in [0.29, 0.717) is 21.0 Å². The smallest absolute Gasteiger partial charge is 0.357 e. The normalized spacial score (nSPS) is 11.1. The van der Waals surface area contributed by atoms with E-state index >= 15 is 0 Å². The summed E-state index contributed by atoms with van der Waals surface area (Å²) >= 11 is 7.40. The van der Waals surface area contributed by atoms with Crippen molar-refractivity contribution in [3.05, 3.63) is 93.6 Å². The van der Waals surface area contributed by atoms with Crippen molar-refractivity contribution < 1.29 is 24.2 Å². The molecule has 5 rings (SSSR count). The van der Waals surface area contributed by atoms with Gasteiger partial charge < -0.3 is 14.6 Å². The van der Waals surface area contributed by atoms with E-state index in [2.05, 4.69) is 4.98 Å². The molecule has 3 aromatic carbocycles. The number of carboxylic acids is 1. The number of hydrogen-bond acceptors (Lipinski definition) is 6. The lowest BCUT2D eigenvalue weighted by molar-refractivity contribution is 0.0690. The minimum atomic E-state index is -1.17. The number of nitrogens with zero attached hydrogens (tertiary/aromatic N) is 1. The van der Waals surface area contributed by atoms with Gasteiger partial charge in [-0.15, -0.1) is 11.3 Å². The van der Waals surface area contributed by atoms with Gasteiger partial charge in [-0.05, 0) is 66.6 Å². The van der Waals surface area contributed by atoms with Crippen LogP contribution in [0.3, 0.4) is 0 Å². The second kappa shape index (κ2) is 8.44. The van der Waals surface area contributed by atoms with Crippen molar-refractivity contribution in [3.63, 3.8) is 0 Å². The van der Waals surface area contributed by atoms with Crippen molar-refractivity contribution in [3.8, 4) is 28.3 Å². The van der Waals surface area contributed by atoms with Crippen LogP contribution in [0, 0.1) is 6.92 Å². The summed E-state index contributed by atoms with van der Waals surface area (Å²) in [4.78, 5) is 29.2. The number of hydrogen-bond donors (Lipinski definition) is 2. The molecule has 0 atom stereocenters. The first-order chi connectivity index (χ1) is 16.3. The lowest BCUT2D eigenvalue weighted by atomic mass is 9.96. The van der Waals surface area contributed by atoms with Gasteiger partial charge in [0.05, 0.1) is 4.88 Å². The highest BCUT2D eigenvalue weighted by atomic mass is 35.5. The summed E-state index contributed by atoms with van der Waals surface area (Å²) in [6.07, 6.45) is 1.09. The molecule has 2 N–H and O–H groups in total. The summed E-state index contributed by atoms with van der Waals surface area (Å²) in [5.74, 6) is -0.986. The fourth-order valence-electron chi connectivity index (χ4n) is 3.82. The average molecular weight is 490 g/mol. The summed E-state index contributed by atoms with van der Waals surface area (Å²) in [5.41, 5.74) is 3.31. The molecule has 0 bridgehead atoms. The number of aryl methyl sites for hydroxylation is 1. The maximum absolute atomic E-state index is 13.6. The first-order valence-corrected chi connectivity index (χ1v) is 11.4. The molecule has 0 fully saturated rings. The molecule has 168 valence electrons. The SMILES string of the molecule is Cc1cc(Cl)ccc1C(=O)c1sc2cc(O)ccc2c1-c1ccc(-c2nc(C(=O)O)co2)cc1. The van der Waals surface area contributed by atoms with Crippen molar-refractivity contribution in [1.29, 1.82) is 0 Å². The van der Waals surface area contributed by atoms with Crippen LogP contribution < -0.4 is 0 Å². The highest BCUT2D eigenvalue weighted by Crippen LogP contribution is 2.42. The van der Waals surface area contributed by atoms with Crippen molar-refractivity contribution in [2.24, 2.45) is 0 Å². The quantitative estimate of drug-likeness (QED) is 0.263. The molecule has 0 unspecified atom stereocenters. The number of ketones is 1. The van der Waals surface area contributed by atoms with Crippen LogP contribution in [0.25, 0.3) is 32.7 Å². The summed E-state index contributed by atoms with van der Waals surface area (Å²) in [6, 6.07) is 17.4. The van der Waals surface area contributed by atoms with Gasteiger partial charge >= 0.3 is 5.97 Å². The minimum Gasteiger partial charge on any atom is -0.508 e. The van der Waals surface area contributed by atoms with Crippen LogP contribution in [0.4, 0.5) is 0 Å². The molecule has 0 aliphatic carbocycles. The zero-order valence-corrected chi connectivity index (χ0v) is 19.3. The Balaban J connectivity index is 1.63. The molecule has 0 saturated heterocycles. The van der Waals surface area contributed by atoms with Crippen molar-refractivity contribution in [2.45, 2.75) is 6.92 Å². The maximum Gasteiger partial charge on any atom is 0.357 e. The number of benzene rings is 3. The second-order valence-corrected chi connectivity index (χ2v) is 9.18. The van der Waals surface area contributed by atoms with Crippen LogP contribution in [0.5, 0.6) is 5.75 Å². The number of aromatic hydroxyl groups is 1. The number of carbonyl (C=O) groups excluding carboxylic acids is 1. The van der Waals surface area contributed by atoms with Crippen molar-refractivity contribution in [1.82, 2.24) is 4.98 Å². The molecule has 2 aromatic heterocycles. The number of aromatic carboxylic acids is 1. The molecular weight excluding hydrogens is 474 g/mol. The molecule has 0 amide bonds. The van der Waals surface area contributed by atoms with Crippen molar-refractivity contribution in [2.75, 3.05) is 0 Å². The number of aromatic nitrogens is 1. The van der Waals surface area contributed by atoms with Gasteiger partial charge in [-0.1, -0.05) is 23.7 Å². The number of rotatable bonds is 5. The summed E-state index contributed by atoms with van der Waals surface area (Å²) in [5, 5.41) is 20.5. The van der Waals surface area contributed by atoms with Gasteiger partial charge in [-0.2, -0.15) is 0 Å². The second-order valence-electron chi connectivity index (χ2n) is 7.70. The molecule has 2 heterocycles. The van der Waals surface area contributed by atoms with E-state index in [0.717, 1.165) is 33.0 Å². The Morgan fingerprint density at radius 3 is 2.41 bits per heavy atom. The van der Waals surface area contributed by atoms with Gasteiger partial charge in [0.2, 0.25) is 11.7 Å². The Bertz CT molecular complexity index is 1580. The van der Waals surface area contributed by atoms with Gasteiger partial charge in [0.25, 0.3) is 0 Å². The standard InChI is InChI=1S/C26H16ClNO5S/c1-13-10-16(27)6-8-18(13)23(30)24-22(19-9-7-17(29)11-21(19)34-24)14-2-4-15(5-3-14)25-28-20(12-33-25)26(31)32/h2-12,29H,1H3,(H,31,32). The molecule has 5 aromatic rings. The average Bonchev–Trinajstić information content (AvgIpc) is 3.44. The molecular formula is C26H16ClNO5S. The molecule has 0 radical (unpaired) electrons. The van der Waals surface area contributed by atoms with Crippen LogP contribution in [0.2, 0.25) is 5.02 Å². The lowest BCUT2D eigenvalue weighted by Gasteiger charge is -2.08. The number of carboxylic acid groups (broad SMARTS) is 1. The molecule has 34 heavy (non-hydrogen) atoms. The van der Waals surface area contributed by atoms with Crippen LogP contribution >= 0.6 is 22.9 Å². The van der Waals surface area contributed by atoms with Crippen LogP contribution in [0.1, 0.15) is 31.3 Å². The van der Waals surface area contributed by atoms with Gasteiger partial charge in [-0.3, -0.25) is 4.79 Å². The Morgan fingerprint density at radius 1 is 1.00 bits per heavy atom. The largest absolute Gasteiger partial charge is 0.508 e. The van der Waals surface area contributed by atoms with Crippen molar-refractivity contribution >= 4 is 44.8 Å². The van der Waals surface area contributed by atoms with E-state index < -0.39 is 5.97 Å². The predicted octanol–water partition coefficient (Wildman–Crippen LogP) is 6.82. The Kier molecular flexibility index (Phi) is 5.43. The van der Waals surface area contributed by atoms with E-state index in [1.54, 1.807) is 48.5 Å². The third-order valence-corrected chi connectivity index (χ3v) is 6.84. The van der Waals surface area contributed by atoms with Crippen LogP contribution in [-0.4, -0.2) is 26.9 Å². The van der Waals surface area contributed by atoms with Gasteiger partial charge in [0.1, 0.15) is 12.0 Å². The third-order valence-electron chi connectivity index (χ3n) is 5.46. The third kappa shape index (κ3) is 3.85. The molecule has 6 nitrogen and oxygen atoms in total. The minimum absolute atomic E-state index is 0.121. The van der Waals surface area contributed by atoms with E-state index in [9.17, 15) is 14.7 Å². The van der Waals surface area contributed by atoms with Crippen LogP contribution in [-0.2, 0) is 0 Å². The predicted molar refractivity (Wildman–Crippen MR) is 131 cm³/mol. The summed E-state index contributed by atoms with van der Waals surface area (Å²) in [7, 11) is 0. The van der Waals surface area contributed by atoms with Gasteiger partial charge in [0.15, 0.2) is 5.69 Å². The Hall–Kier alpha value is -3.94. The van der Waals surface area contributed by atoms with Gasteiger partial charge in [0, 0.05) is 31.8 Å². The van der Waals surface area contributed by atoms with E-state index in [1.807, 2.05) is 19.1 Å². The Morgan fingerprint density at radius 2 is 1.74 bits per heavy atom. The summed E-state index contributed by atoms with van der Waals surface area (Å²) in [6.45, 7) is 1.84. The maximum atomic E-state index is 13.6. The highest BCUT2D eigenvalue weighted by Gasteiger charge is 2.23. The summed E-state index contributed by atoms with van der Waals surface area (Å²) < 4.78 is 6.07. The number of thiophene rings is 1. The van der Waals surface area contributed by atoms with Crippen LogP contribution in [0.15, 0.2) is 71.3 Å². The molecule has 0 aliphatic rings. The molecule has 0 spiro atoms. The topological polar surface area (TPSA) is 101 Å². The van der Waals surface area contributed by atoms with Gasteiger partial charge in [-0.25, -0.2) is 9.78 Å². The fraction of sp³-hybridized carbons (Fsp3) is 0.0385. The highest BCUT2D eigenvalue weighted by molar-refractivity contribution is 7.21. The number of oxazole rings is 1. The van der Waals surface area contributed by atoms with E-state index in [4.69, 9.17) is 21.1 Å². The molecule has 0 aliphatic heterocycles. The van der Waals surface area contributed by atoms with E-state index in [1.165, 1.54) is 11.3 Å². The number of fused-ring (bicyclic) bond motifs is 1. The zero-order valence-electron chi connectivity index (χ0n) is 17.7. The number of carbonyl (C=O) groups is 2. The number of phenolic OH excluding ortho intramolecular Hbond substituents is 1. The first kappa shape index (κ1) is 21.9. The molecule has 0 saturated carbocycles. The Labute approximate surface area is 202 Å². The van der Waals surface area contributed by atoms with E-state index in [-0.39, 0.29) is 23.1 Å². The number of phenols is 1. The first-order valence-electron chi connectivity index (χ1n) is 10.2.